The van der Waals surface area contributed by atoms with E-state index in [1.165, 1.54) is 12.1 Å². The van der Waals surface area contributed by atoms with Crippen molar-refractivity contribution in [3.63, 3.8) is 0 Å². The predicted molar refractivity (Wildman–Crippen MR) is 76.7 cm³/mol. The Labute approximate surface area is 123 Å². The van der Waals surface area contributed by atoms with E-state index in [-0.39, 0.29) is 17.2 Å². The van der Waals surface area contributed by atoms with Crippen LogP contribution in [0.25, 0.3) is 0 Å². The minimum atomic E-state index is -0.354. The van der Waals surface area contributed by atoms with Gasteiger partial charge in [0.25, 0.3) is 11.5 Å². The van der Waals surface area contributed by atoms with Crippen LogP contribution in [-0.4, -0.2) is 23.2 Å². The lowest BCUT2D eigenvalue weighted by molar-refractivity contribution is 0.0945. The number of hydrogen-bond donors (Lipinski definition) is 2. The van der Waals surface area contributed by atoms with Crippen LogP contribution < -0.4 is 15.6 Å². The molecule has 0 bridgehead atoms. The number of aromatic amines is 1. The minimum Gasteiger partial charge on any atom is -0.496 e. The molecule has 104 valence electrons. The number of H-pyrrole nitrogens is 1. The molecule has 20 heavy (non-hydrogen) atoms. The Kier molecular flexibility index (Phi) is 4.52. The topological polar surface area (TPSA) is 84.1 Å². The summed E-state index contributed by atoms with van der Waals surface area (Å²) >= 11 is 3.38. The van der Waals surface area contributed by atoms with Gasteiger partial charge in [-0.3, -0.25) is 9.59 Å². The molecule has 0 atom stereocenters. The molecule has 1 aromatic carbocycles. The quantitative estimate of drug-likeness (QED) is 0.884. The smallest absolute Gasteiger partial charge is 0.271 e. The Bertz CT molecular complexity index is 664. The number of methoxy groups -OCH3 is 1. The van der Waals surface area contributed by atoms with Gasteiger partial charge < -0.3 is 10.1 Å². The lowest BCUT2D eigenvalue weighted by atomic mass is 10.2. The van der Waals surface area contributed by atoms with Gasteiger partial charge in [0.15, 0.2) is 0 Å². The molecule has 1 aromatic heterocycles. The first-order valence-corrected chi connectivity index (χ1v) is 6.56. The Morgan fingerprint density at radius 1 is 1.40 bits per heavy atom. The van der Waals surface area contributed by atoms with Crippen LogP contribution in [0.4, 0.5) is 0 Å². The molecule has 0 fully saturated rings. The molecule has 6 nitrogen and oxygen atoms in total. The maximum Gasteiger partial charge on any atom is 0.271 e. The Morgan fingerprint density at radius 2 is 2.20 bits per heavy atom. The van der Waals surface area contributed by atoms with Gasteiger partial charge in [0, 0.05) is 12.6 Å². The van der Waals surface area contributed by atoms with Crippen LogP contribution in [0.3, 0.4) is 0 Å². The van der Waals surface area contributed by atoms with E-state index in [1.807, 2.05) is 18.2 Å². The van der Waals surface area contributed by atoms with Crippen LogP contribution in [-0.2, 0) is 6.54 Å². The zero-order chi connectivity index (χ0) is 14.5. The van der Waals surface area contributed by atoms with E-state index in [1.54, 1.807) is 7.11 Å². The van der Waals surface area contributed by atoms with Crippen molar-refractivity contribution in [2.75, 3.05) is 7.11 Å². The zero-order valence-corrected chi connectivity index (χ0v) is 12.2. The first-order valence-electron chi connectivity index (χ1n) is 5.76. The van der Waals surface area contributed by atoms with Crippen molar-refractivity contribution in [3.05, 3.63) is 56.4 Å². The fourth-order valence-electron chi connectivity index (χ4n) is 1.56. The van der Waals surface area contributed by atoms with Crippen molar-refractivity contribution in [3.8, 4) is 5.75 Å². The van der Waals surface area contributed by atoms with Crippen LogP contribution >= 0.6 is 15.9 Å². The van der Waals surface area contributed by atoms with Crippen molar-refractivity contribution in [1.29, 1.82) is 0 Å². The Balaban J connectivity index is 2.01. The fourth-order valence-corrected chi connectivity index (χ4v) is 2.15. The molecular formula is C13H12BrN3O3. The van der Waals surface area contributed by atoms with E-state index < -0.39 is 0 Å². The summed E-state index contributed by atoms with van der Waals surface area (Å²) in [5.74, 6) is 0.371. The van der Waals surface area contributed by atoms with Crippen LogP contribution in [0.5, 0.6) is 5.75 Å². The average molecular weight is 338 g/mol. The molecule has 0 aliphatic carbocycles. The third-order valence-electron chi connectivity index (χ3n) is 2.58. The highest BCUT2D eigenvalue weighted by molar-refractivity contribution is 9.10. The van der Waals surface area contributed by atoms with Gasteiger partial charge >= 0.3 is 0 Å². The van der Waals surface area contributed by atoms with Crippen molar-refractivity contribution in [2.45, 2.75) is 6.54 Å². The largest absolute Gasteiger partial charge is 0.496 e. The summed E-state index contributed by atoms with van der Waals surface area (Å²) in [7, 11) is 1.59. The number of aromatic nitrogens is 2. The molecule has 1 heterocycles. The minimum absolute atomic E-state index is 0.164. The summed E-state index contributed by atoms with van der Waals surface area (Å²) in [6.07, 6.45) is 0. The molecule has 0 saturated carbocycles. The molecule has 0 aliphatic heterocycles. The van der Waals surface area contributed by atoms with Crippen molar-refractivity contribution >= 4 is 21.8 Å². The summed E-state index contributed by atoms with van der Waals surface area (Å²) in [4.78, 5) is 22.7. The monoisotopic (exact) mass is 337 g/mol. The summed E-state index contributed by atoms with van der Waals surface area (Å²) in [5, 5.41) is 8.58. The molecule has 2 rings (SSSR count). The predicted octanol–water partition coefficient (Wildman–Crippen LogP) is 1.47. The maximum atomic E-state index is 11.8. The molecule has 2 aromatic rings. The lowest BCUT2D eigenvalue weighted by Crippen LogP contribution is -2.25. The Hall–Kier alpha value is -2.15. The highest BCUT2D eigenvalue weighted by Crippen LogP contribution is 2.25. The van der Waals surface area contributed by atoms with E-state index in [2.05, 4.69) is 31.4 Å². The summed E-state index contributed by atoms with van der Waals surface area (Å²) in [5.41, 5.74) is 0.730. The van der Waals surface area contributed by atoms with Gasteiger partial charge in [-0.25, -0.2) is 5.10 Å². The standard InChI is InChI=1S/C13H12BrN3O3/c1-20-11-4-2-8(6-9(11)14)7-15-13(19)10-3-5-12(18)17-16-10/h2-6H,7H2,1H3,(H,15,19)(H,17,18). The zero-order valence-electron chi connectivity index (χ0n) is 10.6. The normalized spacial score (nSPS) is 10.1. The number of rotatable bonds is 4. The van der Waals surface area contributed by atoms with Gasteiger partial charge in [-0.15, -0.1) is 0 Å². The number of hydrogen-bond acceptors (Lipinski definition) is 4. The molecule has 0 aliphatic rings. The van der Waals surface area contributed by atoms with Crippen LogP contribution in [0.15, 0.2) is 39.6 Å². The average Bonchev–Trinajstić information content (AvgIpc) is 2.45. The van der Waals surface area contributed by atoms with Gasteiger partial charge in [0.1, 0.15) is 11.4 Å². The summed E-state index contributed by atoms with van der Waals surface area (Å²) in [6, 6.07) is 8.15. The fraction of sp³-hybridized carbons (Fsp3) is 0.154. The molecular weight excluding hydrogens is 326 g/mol. The number of amides is 1. The maximum absolute atomic E-state index is 11.8. The number of halogens is 1. The molecule has 0 saturated heterocycles. The molecule has 2 N–H and O–H groups in total. The molecule has 0 radical (unpaired) electrons. The molecule has 0 spiro atoms. The van der Waals surface area contributed by atoms with E-state index in [9.17, 15) is 9.59 Å². The van der Waals surface area contributed by atoms with Gasteiger partial charge in [0.05, 0.1) is 11.6 Å². The molecule has 0 unspecified atom stereocenters. The third-order valence-corrected chi connectivity index (χ3v) is 3.20. The van der Waals surface area contributed by atoms with Gasteiger partial charge in [-0.2, -0.15) is 5.10 Å². The first-order chi connectivity index (χ1) is 9.60. The number of carbonyl (C=O) groups is 1. The van der Waals surface area contributed by atoms with Gasteiger partial charge in [0.2, 0.25) is 0 Å². The van der Waals surface area contributed by atoms with Gasteiger partial charge in [-0.1, -0.05) is 6.07 Å². The summed E-state index contributed by atoms with van der Waals surface area (Å²) < 4.78 is 5.94. The summed E-state index contributed by atoms with van der Waals surface area (Å²) in [6.45, 7) is 0.349. The highest BCUT2D eigenvalue weighted by atomic mass is 79.9. The van der Waals surface area contributed by atoms with E-state index in [0.29, 0.717) is 6.54 Å². The van der Waals surface area contributed by atoms with E-state index in [4.69, 9.17) is 4.74 Å². The number of benzene rings is 1. The van der Waals surface area contributed by atoms with Gasteiger partial charge in [-0.05, 0) is 39.7 Å². The second-order valence-corrected chi connectivity index (χ2v) is 4.81. The SMILES string of the molecule is COc1ccc(CNC(=O)c2ccc(=O)[nH]n2)cc1Br. The Morgan fingerprint density at radius 3 is 2.80 bits per heavy atom. The molecule has 7 heteroatoms. The van der Waals surface area contributed by atoms with Crippen LogP contribution in [0.2, 0.25) is 0 Å². The van der Waals surface area contributed by atoms with Crippen molar-refractivity contribution in [2.24, 2.45) is 0 Å². The number of nitrogens with one attached hydrogen (secondary N) is 2. The van der Waals surface area contributed by atoms with Crippen LogP contribution in [0.1, 0.15) is 16.1 Å². The van der Waals surface area contributed by atoms with Crippen molar-refractivity contribution in [1.82, 2.24) is 15.5 Å². The number of ether oxygens (including phenoxy) is 1. The highest BCUT2D eigenvalue weighted by Gasteiger charge is 2.07. The van der Waals surface area contributed by atoms with E-state index in [0.717, 1.165) is 15.8 Å². The first kappa shape index (κ1) is 14.3. The molecule has 1 amide bonds. The third kappa shape index (κ3) is 3.45. The van der Waals surface area contributed by atoms with E-state index >= 15 is 0 Å². The lowest BCUT2D eigenvalue weighted by Gasteiger charge is -2.07. The second-order valence-electron chi connectivity index (χ2n) is 3.96. The van der Waals surface area contributed by atoms with Crippen LogP contribution in [0, 0.1) is 0 Å². The number of nitrogens with zero attached hydrogens (tertiary/aromatic N) is 1. The second kappa shape index (κ2) is 6.33. The number of carbonyl (C=O) groups excluding carboxylic acids is 1. The van der Waals surface area contributed by atoms with Crippen molar-refractivity contribution < 1.29 is 9.53 Å².